The Morgan fingerprint density at radius 3 is 2.71 bits per heavy atom. The molecule has 7 nitrogen and oxygen atoms in total. The Hall–Kier alpha value is -3.88. The largest absolute Gasteiger partial charge is 0.353 e. The van der Waals surface area contributed by atoms with E-state index >= 15 is 0 Å². The molecule has 1 fully saturated rings. The number of nitrogens with one attached hydrogen (secondary N) is 2. The summed E-state index contributed by atoms with van der Waals surface area (Å²) in [5, 5.41) is 13.9. The van der Waals surface area contributed by atoms with Crippen molar-refractivity contribution in [1.82, 2.24) is 35.0 Å². The van der Waals surface area contributed by atoms with Crippen molar-refractivity contribution in [3.8, 4) is 33.8 Å². The molecule has 6 aromatic rings. The van der Waals surface area contributed by atoms with Crippen LogP contribution in [-0.2, 0) is 6.54 Å². The molecule has 1 aliphatic rings. The van der Waals surface area contributed by atoms with Gasteiger partial charge < -0.3 is 4.98 Å². The van der Waals surface area contributed by atoms with Crippen LogP contribution in [0.2, 0.25) is 0 Å². The van der Waals surface area contributed by atoms with E-state index in [-0.39, 0.29) is 0 Å². The maximum atomic E-state index is 4.64. The summed E-state index contributed by atoms with van der Waals surface area (Å²) in [6, 6.07) is 10.6. The van der Waals surface area contributed by atoms with E-state index in [1.165, 1.54) is 31.5 Å². The van der Waals surface area contributed by atoms with Gasteiger partial charge in [0.25, 0.3) is 0 Å². The average Bonchev–Trinajstić information content (AvgIpc) is 3.70. The van der Waals surface area contributed by atoms with Gasteiger partial charge in [-0.25, -0.2) is 4.98 Å². The van der Waals surface area contributed by atoms with E-state index in [0.29, 0.717) is 5.65 Å². The number of nitrogens with zero attached hydrogens (tertiary/aromatic N) is 5. The van der Waals surface area contributed by atoms with Crippen LogP contribution in [0.15, 0.2) is 65.9 Å². The molecule has 0 aliphatic carbocycles. The molecule has 0 unspecified atom stereocenters. The smallest absolute Gasteiger partial charge is 0.181 e. The summed E-state index contributed by atoms with van der Waals surface area (Å²) < 4.78 is 0. The minimum atomic E-state index is 0.694. The number of pyridine rings is 3. The summed E-state index contributed by atoms with van der Waals surface area (Å²) in [4.78, 5) is 19.8. The van der Waals surface area contributed by atoms with Gasteiger partial charge in [0.05, 0.1) is 17.1 Å². The number of thiophene rings is 1. The summed E-state index contributed by atoms with van der Waals surface area (Å²) in [5.41, 5.74) is 9.08. The zero-order valence-electron chi connectivity index (χ0n) is 19.0. The van der Waals surface area contributed by atoms with Crippen LogP contribution in [0.3, 0.4) is 0 Å². The third-order valence-corrected chi connectivity index (χ3v) is 7.44. The highest BCUT2D eigenvalue weighted by Gasteiger charge is 2.16. The standard InChI is InChI=1S/C27H23N7S/c1-2-7-34(6-1)15-17-9-19(13-28-12-17)20-10-22-26(32-33-27(22)30-14-20)24-11-21-23(31-24)3-5-29-25(21)18-4-8-35-16-18/h3-5,8-14,16,31H,1-2,6-7,15H2,(H,30,32,33). The molecule has 0 radical (unpaired) electrons. The van der Waals surface area contributed by atoms with Gasteiger partial charge in [-0.2, -0.15) is 16.4 Å². The van der Waals surface area contributed by atoms with Crippen LogP contribution < -0.4 is 0 Å². The number of H-pyrrole nitrogens is 2. The third-order valence-electron chi connectivity index (χ3n) is 6.75. The second-order valence-electron chi connectivity index (χ2n) is 9.07. The molecule has 1 saturated heterocycles. The van der Waals surface area contributed by atoms with Crippen molar-refractivity contribution in [3.05, 3.63) is 71.4 Å². The maximum Gasteiger partial charge on any atom is 0.181 e. The van der Waals surface area contributed by atoms with Gasteiger partial charge in [0.2, 0.25) is 0 Å². The zero-order chi connectivity index (χ0) is 23.2. The fourth-order valence-electron chi connectivity index (χ4n) is 5.01. The summed E-state index contributed by atoms with van der Waals surface area (Å²) >= 11 is 1.68. The molecular formula is C27H23N7S. The lowest BCUT2D eigenvalue weighted by Gasteiger charge is -2.14. The first-order chi connectivity index (χ1) is 17.3. The fraction of sp³-hybridized carbons (Fsp3) is 0.185. The minimum absolute atomic E-state index is 0.694. The Kier molecular flexibility index (Phi) is 4.92. The second-order valence-corrected chi connectivity index (χ2v) is 9.85. The summed E-state index contributed by atoms with van der Waals surface area (Å²) in [7, 11) is 0. The van der Waals surface area contributed by atoms with Crippen molar-refractivity contribution in [1.29, 1.82) is 0 Å². The monoisotopic (exact) mass is 477 g/mol. The van der Waals surface area contributed by atoms with Crippen LogP contribution in [-0.4, -0.2) is 48.1 Å². The predicted octanol–water partition coefficient (Wildman–Crippen LogP) is 5.89. The van der Waals surface area contributed by atoms with Crippen molar-refractivity contribution in [2.24, 2.45) is 0 Å². The molecule has 0 aromatic carbocycles. The van der Waals surface area contributed by atoms with Crippen molar-refractivity contribution < 1.29 is 0 Å². The van der Waals surface area contributed by atoms with Crippen molar-refractivity contribution in [3.63, 3.8) is 0 Å². The average molecular weight is 478 g/mol. The van der Waals surface area contributed by atoms with E-state index in [1.54, 1.807) is 11.3 Å². The van der Waals surface area contributed by atoms with Gasteiger partial charge in [-0.15, -0.1) is 0 Å². The van der Waals surface area contributed by atoms with Gasteiger partial charge >= 0.3 is 0 Å². The summed E-state index contributed by atoms with van der Waals surface area (Å²) in [5.74, 6) is 0. The fourth-order valence-corrected chi connectivity index (χ4v) is 5.65. The van der Waals surface area contributed by atoms with Crippen molar-refractivity contribution >= 4 is 33.3 Å². The van der Waals surface area contributed by atoms with Crippen LogP contribution in [0.1, 0.15) is 18.4 Å². The lowest BCUT2D eigenvalue weighted by Crippen LogP contribution is -2.18. The number of likely N-dealkylation sites (tertiary alicyclic amines) is 1. The Labute approximate surface area is 205 Å². The Morgan fingerprint density at radius 1 is 0.914 bits per heavy atom. The molecule has 6 aromatic heterocycles. The van der Waals surface area contributed by atoms with Gasteiger partial charge in [-0.1, -0.05) is 0 Å². The quantitative estimate of drug-likeness (QED) is 0.323. The number of rotatable bonds is 5. The summed E-state index contributed by atoms with van der Waals surface area (Å²) in [6.45, 7) is 3.29. The molecule has 1 aliphatic heterocycles. The van der Waals surface area contributed by atoms with Crippen LogP contribution >= 0.6 is 11.3 Å². The lowest BCUT2D eigenvalue weighted by atomic mass is 10.1. The molecule has 8 heteroatoms. The highest BCUT2D eigenvalue weighted by Crippen LogP contribution is 2.34. The van der Waals surface area contributed by atoms with Crippen molar-refractivity contribution in [2.75, 3.05) is 13.1 Å². The Balaban J connectivity index is 1.28. The van der Waals surface area contributed by atoms with Crippen LogP contribution in [0.5, 0.6) is 0 Å². The number of fused-ring (bicyclic) bond motifs is 2. The number of hydrogen-bond acceptors (Lipinski definition) is 6. The molecule has 172 valence electrons. The van der Waals surface area contributed by atoms with E-state index < -0.39 is 0 Å². The van der Waals surface area contributed by atoms with E-state index in [4.69, 9.17) is 0 Å². The van der Waals surface area contributed by atoms with Gasteiger partial charge in [0.1, 0.15) is 0 Å². The lowest BCUT2D eigenvalue weighted by molar-refractivity contribution is 0.331. The van der Waals surface area contributed by atoms with Crippen molar-refractivity contribution in [2.45, 2.75) is 19.4 Å². The van der Waals surface area contributed by atoms with Gasteiger partial charge in [0, 0.05) is 69.7 Å². The first-order valence-electron chi connectivity index (χ1n) is 11.8. The van der Waals surface area contributed by atoms with E-state index in [9.17, 15) is 0 Å². The molecular weight excluding hydrogens is 454 g/mol. The molecule has 35 heavy (non-hydrogen) atoms. The minimum Gasteiger partial charge on any atom is -0.353 e. The highest BCUT2D eigenvalue weighted by atomic mass is 32.1. The van der Waals surface area contributed by atoms with Gasteiger partial charge in [0.15, 0.2) is 5.65 Å². The Bertz CT molecular complexity index is 1640. The molecule has 2 N–H and O–H groups in total. The van der Waals surface area contributed by atoms with Crippen LogP contribution in [0, 0.1) is 0 Å². The van der Waals surface area contributed by atoms with Crippen LogP contribution in [0.25, 0.3) is 55.7 Å². The number of aromatic nitrogens is 6. The van der Waals surface area contributed by atoms with E-state index in [0.717, 1.165) is 56.6 Å². The number of aromatic amines is 2. The van der Waals surface area contributed by atoms with Gasteiger partial charge in [-0.3, -0.25) is 20.0 Å². The topological polar surface area (TPSA) is 86.4 Å². The SMILES string of the molecule is c1cc2[nH]c(-c3[nH]nc4ncc(-c5cncc(CN6CCCC6)c5)cc34)cc2c(-c2ccsc2)n1. The molecule has 7 heterocycles. The number of hydrogen-bond donors (Lipinski definition) is 2. The van der Waals surface area contributed by atoms with E-state index in [2.05, 4.69) is 70.1 Å². The molecule has 0 amide bonds. The maximum absolute atomic E-state index is 4.64. The molecule has 0 atom stereocenters. The van der Waals surface area contributed by atoms with Crippen LogP contribution in [0.4, 0.5) is 0 Å². The second kappa shape index (κ2) is 8.41. The first-order valence-corrected chi connectivity index (χ1v) is 12.8. The molecule has 0 saturated carbocycles. The normalized spacial score (nSPS) is 14.4. The third kappa shape index (κ3) is 3.71. The molecule has 0 bridgehead atoms. The van der Waals surface area contributed by atoms with Gasteiger partial charge in [-0.05, 0) is 67.2 Å². The van der Waals surface area contributed by atoms with E-state index in [1.807, 2.05) is 30.9 Å². The zero-order valence-corrected chi connectivity index (χ0v) is 19.8. The highest BCUT2D eigenvalue weighted by molar-refractivity contribution is 7.08. The molecule has 0 spiro atoms. The molecule has 7 rings (SSSR count). The predicted molar refractivity (Wildman–Crippen MR) is 140 cm³/mol. The Morgan fingerprint density at radius 2 is 1.83 bits per heavy atom. The first kappa shape index (κ1) is 20.5. The summed E-state index contributed by atoms with van der Waals surface area (Å²) in [6.07, 6.45) is 10.2.